The first-order valence-corrected chi connectivity index (χ1v) is 11.3. The number of benzene rings is 2. The molecule has 4 rings (SSSR count). The highest BCUT2D eigenvalue weighted by molar-refractivity contribution is 6.04. The monoisotopic (exact) mass is 487 g/mol. The molecule has 0 spiro atoms. The van der Waals surface area contributed by atoms with E-state index in [2.05, 4.69) is 10.4 Å². The smallest absolute Gasteiger partial charge is 0.303 e. The maximum absolute atomic E-state index is 12.7. The van der Waals surface area contributed by atoms with Crippen LogP contribution in [0.4, 0.5) is 5.69 Å². The molecule has 2 aliphatic rings. The zero-order valence-corrected chi connectivity index (χ0v) is 19.9. The third-order valence-corrected chi connectivity index (χ3v) is 5.97. The predicted molar refractivity (Wildman–Crippen MR) is 132 cm³/mol. The second-order valence-electron chi connectivity index (χ2n) is 8.34. The Bertz CT molecular complexity index is 1020. The highest BCUT2D eigenvalue weighted by Crippen LogP contribution is 2.35. The molecule has 2 unspecified atom stereocenters. The number of ether oxygens (including phenoxy) is 2. The number of anilines is 1. The maximum atomic E-state index is 12.7. The summed E-state index contributed by atoms with van der Waals surface area (Å²) in [6.07, 6.45) is 3.10. The molecular formula is C25H30ClN3O5. The molecular weight excluding hydrogens is 458 g/mol. The number of nitrogens with one attached hydrogen (secondary N) is 1. The summed E-state index contributed by atoms with van der Waals surface area (Å²) < 4.78 is 11.3. The molecule has 0 saturated carbocycles. The molecule has 8 nitrogen and oxygen atoms in total. The van der Waals surface area contributed by atoms with Gasteiger partial charge in [-0.25, -0.2) is 0 Å². The summed E-state index contributed by atoms with van der Waals surface area (Å²) in [5, 5.41) is 18.6. The Hall–Kier alpha value is -3.10. The van der Waals surface area contributed by atoms with Gasteiger partial charge in [0.15, 0.2) is 0 Å². The Kier molecular flexibility index (Phi) is 8.90. The van der Waals surface area contributed by atoms with E-state index >= 15 is 0 Å². The first-order valence-electron chi connectivity index (χ1n) is 11.3. The molecule has 1 amide bonds. The lowest BCUT2D eigenvalue weighted by atomic mass is 9.87. The molecule has 0 radical (unpaired) electrons. The van der Waals surface area contributed by atoms with Crippen molar-refractivity contribution in [3.8, 4) is 5.75 Å². The van der Waals surface area contributed by atoms with Crippen molar-refractivity contribution in [2.24, 2.45) is 11.0 Å². The molecule has 0 bridgehead atoms. The Balaban J connectivity index is 0.00000324. The van der Waals surface area contributed by atoms with Gasteiger partial charge in [0, 0.05) is 17.2 Å². The van der Waals surface area contributed by atoms with Crippen molar-refractivity contribution in [2.75, 3.05) is 31.6 Å². The number of carboxylic acids is 1. The Morgan fingerprint density at radius 3 is 2.59 bits per heavy atom. The minimum Gasteiger partial charge on any atom is -0.490 e. The number of hydrogen-bond donors (Lipinski definition) is 2. The summed E-state index contributed by atoms with van der Waals surface area (Å²) >= 11 is 0. The molecule has 182 valence electrons. The molecule has 2 aromatic rings. The van der Waals surface area contributed by atoms with E-state index in [1.54, 1.807) is 18.3 Å². The van der Waals surface area contributed by atoms with E-state index in [0.29, 0.717) is 30.9 Å². The van der Waals surface area contributed by atoms with Gasteiger partial charge in [0.25, 0.3) is 5.91 Å². The molecule has 9 heteroatoms. The van der Waals surface area contributed by atoms with Gasteiger partial charge in [-0.1, -0.05) is 19.1 Å². The first kappa shape index (κ1) is 25.5. The fourth-order valence-corrected chi connectivity index (χ4v) is 4.19. The van der Waals surface area contributed by atoms with E-state index < -0.39 is 5.97 Å². The number of amides is 1. The number of morpholine rings is 1. The van der Waals surface area contributed by atoms with Crippen LogP contribution in [0.5, 0.6) is 5.75 Å². The van der Waals surface area contributed by atoms with Gasteiger partial charge in [-0.2, -0.15) is 5.10 Å². The molecule has 1 fully saturated rings. The van der Waals surface area contributed by atoms with Crippen molar-refractivity contribution in [1.82, 2.24) is 5.01 Å². The van der Waals surface area contributed by atoms with E-state index in [4.69, 9.17) is 9.47 Å². The van der Waals surface area contributed by atoms with Gasteiger partial charge < -0.3 is 19.9 Å². The lowest BCUT2D eigenvalue weighted by Gasteiger charge is -2.32. The van der Waals surface area contributed by atoms with Crippen LogP contribution in [0.3, 0.4) is 0 Å². The SMILES string of the molecule is CCC1Oc2ccc(NC(=O)c3ccc(C=NN4CCOCC4)cc3)cc2CC1CC(=O)O.Cl. The van der Waals surface area contributed by atoms with E-state index in [9.17, 15) is 14.7 Å². The Morgan fingerprint density at radius 1 is 1.18 bits per heavy atom. The average molecular weight is 488 g/mol. The van der Waals surface area contributed by atoms with Crippen LogP contribution < -0.4 is 10.1 Å². The van der Waals surface area contributed by atoms with Crippen molar-refractivity contribution in [3.63, 3.8) is 0 Å². The number of carbonyl (C=O) groups excluding carboxylic acids is 1. The van der Waals surface area contributed by atoms with Gasteiger partial charge in [0.05, 0.1) is 38.9 Å². The molecule has 34 heavy (non-hydrogen) atoms. The van der Waals surface area contributed by atoms with Crippen LogP contribution in [0.1, 0.15) is 41.3 Å². The summed E-state index contributed by atoms with van der Waals surface area (Å²) in [6, 6.07) is 12.8. The van der Waals surface area contributed by atoms with Crippen LogP contribution in [-0.2, 0) is 16.0 Å². The lowest BCUT2D eigenvalue weighted by molar-refractivity contribution is -0.139. The number of carbonyl (C=O) groups is 2. The van der Waals surface area contributed by atoms with Crippen molar-refractivity contribution in [1.29, 1.82) is 0 Å². The number of hydrogen-bond acceptors (Lipinski definition) is 6. The van der Waals surface area contributed by atoms with E-state index in [1.807, 2.05) is 42.3 Å². The number of nitrogens with zero attached hydrogens (tertiary/aromatic N) is 2. The minimum absolute atomic E-state index is 0. The summed E-state index contributed by atoms with van der Waals surface area (Å²) in [6.45, 7) is 4.92. The third kappa shape index (κ3) is 6.48. The molecule has 0 aliphatic carbocycles. The molecule has 2 heterocycles. The van der Waals surface area contributed by atoms with Gasteiger partial charge in [0.2, 0.25) is 0 Å². The average Bonchev–Trinajstić information content (AvgIpc) is 2.83. The summed E-state index contributed by atoms with van der Waals surface area (Å²) in [4.78, 5) is 24.0. The number of carboxylic acid groups (broad SMARTS) is 1. The van der Waals surface area contributed by atoms with Crippen LogP contribution in [0.25, 0.3) is 0 Å². The standard InChI is InChI=1S/C25H29N3O5.ClH/c1-2-22-20(15-24(29)30)13-19-14-21(7-8-23(19)33-22)27-25(31)18-5-3-17(4-6-18)16-26-28-9-11-32-12-10-28;/h3-8,14,16,20,22H,2,9-13,15H2,1H3,(H,27,31)(H,29,30);1H. The Morgan fingerprint density at radius 2 is 1.91 bits per heavy atom. The predicted octanol–water partition coefficient (Wildman–Crippen LogP) is 3.83. The number of hydrazone groups is 1. The van der Waals surface area contributed by atoms with Crippen molar-refractivity contribution in [3.05, 3.63) is 59.2 Å². The van der Waals surface area contributed by atoms with Crippen LogP contribution in [0.2, 0.25) is 0 Å². The second-order valence-corrected chi connectivity index (χ2v) is 8.34. The zero-order valence-electron chi connectivity index (χ0n) is 19.1. The first-order chi connectivity index (χ1) is 16.0. The highest BCUT2D eigenvalue weighted by Gasteiger charge is 2.30. The number of fused-ring (bicyclic) bond motifs is 1. The number of aliphatic carboxylic acids is 1. The Labute approximate surface area is 205 Å². The molecule has 2 aliphatic heterocycles. The zero-order chi connectivity index (χ0) is 23.2. The largest absolute Gasteiger partial charge is 0.490 e. The quantitative estimate of drug-likeness (QED) is 0.576. The summed E-state index contributed by atoms with van der Waals surface area (Å²) in [5.74, 6) is -0.367. The fourth-order valence-electron chi connectivity index (χ4n) is 4.19. The van der Waals surface area contributed by atoms with Crippen LogP contribution in [-0.4, -0.2) is 60.6 Å². The maximum Gasteiger partial charge on any atom is 0.303 e. The van der Waals surface area contributed by atoms with Crippen LogP contribution >= 0.6 is 12.4 Å². The van der Waals surface area contributed by atoms with Crippen molar-refractivity contribution >= 4 is 36.2 Å². The molecule has 0 aromatic heterocycles. The topological polar surface area (TPSA) is 100 Å². The molecule has 2 aromatic carbocycles. The van der Waals surface area contributed by atoms with Gasteiger partial charge >= 0.3 is 5.97 Å². The molecule has 2 atom stereocenters. The van der Waals surface area contributed by atoms with Gasteiger partial charge in [0.1, 0.15) is 11.9 Å². The third-order valence-electron chi connectivity index (χ3n) is 5.97. The number of rotatable bonds is 7. The second kappa shape index (κ2) is 11.9. The normalized spacial score (nSPS) is 19.6. The van der Waals surface area contributed by atoms with Crippen molar-refractivity contribution in [2.45, 2.75) is 32.3 Å². The fraction of sp³-hybridized carbons (Fsp3) is 0.400. The van der Waals surface area contributed by atoms with E-state index in [-0.39, 0.29) is 36.8 Å². The number of halogens is 1. The summed E-state index contributed by atoms with van der Waals surface area (Å²) in [7, 11) is 0. The van der Waals surface area contributed by atoms with E-state index in [0.717, 1.165) is 36.4 Å². The van der Waals surface area contributed by atoms with Crippen LogP contribution in [0.15, 0.2) is 47.6 Å². The van der Waals surface area contributed by atoms with E-state index in [1.165, 1.54) is 0 Å². The minimum atomic E-state index is -0.826. The van der Waals surface area contributed by atoms with Gasteiger partial charge in [-0.05, 0) is 54.3 Å². The summed E-state index contributed by atoms with van der Waals surface area (Å²) in [5.41, 5.74) is 3.03. The van der Waals surface area contributed by atoms with Gasteiger partial charge in [-0.3, -0.25) is 14.6 Å². The van der Waals surface area contributed by atoms with Crippen LogP contribution in [0, 0.1) is 5.92 Å². The molecule has 1 saturated heterocycles. The van der Waals surface area contributed by atoms with Crippen molar-refractivity contribution < 1.29 is 24.2 Å². The van der Waals surface area contributed by atoms with Gasteiger partial charge in [-0.15, -0.1) is 12.4 Å². The highest BCUT2D eigenvalue weighted by atomic mass is 35.5. The molecule has 2 N–H and O–H groups in total. The lowest BCUT2D eigenvalue weighted by Crippen LogP contribution is -2.34.